The van der Waals surface area contributed by atoms with Gasteiger partial charge in [-0.05, 0) is 6.42 Å². The van der Waals surface area contributed by atoms with Gasteiger partial charge in [-0.3, -0.25) is 0 Å². The Balaban J connectivity index is 3.30. The topological polar surface area (TPSA) is 102 Å². The van der Waals surface area contributed by atoms with Crippen LogP contribution in [0.1, 0.15) is 12.8 Å². The van der Waals surface area contributed by atoms with Crippen LogP contribution >= 0.6 is 0 Å². The lowest BCUT2D eigenvalue weighted by atomic mass is 10.3. The van der Waals surface area contributed by atoms with Crippen LogP contribution in [0.2, 0.25) is 0 Å². The first-order chi connectivity index (χ1) is 5.16. The molecule has 0 heterocycles. The number of nitrogens with two attached hydrogens (primary N) is 1. The average Bonchev–Trinajstić information content (AvgIpc) is 1.97. The maximum atomic E-state index is 10.5. The number of hydrogen-bond donors (Lipinski definition) is 3. The highest BCUT2D eigenvalue weighted by Gasteiger charge is 2.02. The second-order valence-electron chi connectivity index (χ2n) is 1.77. The Morgan fingerprint density at radius 2 is 2.18 bits per heavy atom. The molecular weight excluding hydrogens is 152 g/mol. The fourth-order valence-corrected chi connectivity index (χ4v) is 0.382. The zero-order valence-electron chi connectivity index (χ0n) is 5.87. The Hall–Kier alpha value is -1.30. The number of carbonyl (C=O) groups excluding carboxylic acids is 2. The van der Waals surface area contributed by atoms with Crippen molar-refractivity contribution in [1.29, 1.82) is 0 Å². The molecule has 0 saturated carbocycles. The molecule has 0 unspecified atom stereocenters. The lowest BCUT2D eigenvalue weighted by Gasteiger charge is -2.00. The van der Waals surface area contributed by atoms with E-state index >= 15 is 0 Å². The summed E-state index contributed by atoms with van der Waals surface area (Å²) >= 11 is 0. The van der Waals surface area contributed by atoms with Crippen LogP contribution in [0.3, 0.4) is 0 Å². The first-order valence-electron chi connectivity index (χ1n) is 3.02. The molecule has 4 N–H and O–H groups in total. The van der Waals surface area contributed by atoms with Crippen molar-refractivity contribution >= 4 is 12.0 Å². The number of aliphatic hydroxyl groups is 1. The monoisotopic (exact) mass is 162 g/mol. The van der Waals surface area contributed by atoms with Gasteiger partial charge in [0.05, 0.1) is 6.42 Å². The molecule has 0 rings (SSSR count). The Morgan fingerprint density at radius 3 is 2.64 bits per heavy atom. The summed E-state index contributed by atoms with van der Waals surface area (Å²) in [5.74, 6) is -0.627. The van der Waals surface area contributed by atoms with Crippen molar-refractivity contribution in [3.8, 4) is 0 Å². The number of rotatable bonds is 3. The molecule has 6 heteroatoms. The minimum Gasteiger partial charge on any atom is -0.396 e. The zero-order chi connectivity index (χ0) is 8.69. The third-order valence-electron chi connectivity index (χ3n) is 0.804. The van der Waals surface area contributed by atoms with Crippen molar-refractivity contribution in [2.75, 3.05) is 6.61 Å². The highest BCUT2D eigenvalue weighted by Crippen LogP contribution is 1.88. The van der Waals surface area contributed by atoms with E-state index in [0.717, 1.165) is 0 Å². The van der Waals surface area contributed by atoms with Gasteiger partial charge < -0.3 is 15.7 Å². The molecule has 64 valence electrons. The zero-order valence-corrected chi connectivity index (χ0v) is 5.87. The van der Waals surface area contributed by atoms with E-state index in [2.05, 4.69) is 10.6 Å². The van der Waals surface area contributed by atoms with E-state index in [-0.39, 0.29) is 13.0 Å². The van der Waals surface area contributed by atoms with Crippen molar-refractivity contribution in [3.05, 3.63) is 0 Å². The number of urea groups is 1. The standard InChI is InChI=1S/C5H10N2O4/c6-5(10)7-11-4(9)2-1-3-8/h8H,1-3H2,(H3,6,7,10). The van der Waals surface area contributed by atoms with E-state index < -0.39 is 12.0 Å². The smallest absolute Gasteiger partial charge is 0.345 e. The molecule has 0 spiro atoms. The average molecular weight is 162 g/mol. The maximum Gasteiger partial charge on any atom is 0.345 e. The molecule has 0 aromatic carbocycles. The van der Waals surface area contributed by atoms with Gasteiger partial charge in [-0.2, -0.15) is 5.48 Å². The number of carbonyl (C=O) groups is 2. The molecule has 0 aromatic rings. The van der Waals surface area contributed by atoms with E-state index in [1.165, 1.54) is 0 Å². The predicted molar refractivity (Wildman–Crippen MR) is 35.1 cm³/mol. The summed E-state index contributed by atoms with van der Waals surface area (Å²) in [6.45, 7) is -0.0916. The van der Waals surface area contributed by atoms with Gasteiger partial charge in [-0.1, -0.05) is 0 Å². The van der Waals surface area contributed by atoms with Crippen LogP contribution in [0.4, 0.5) is 4.79 Å². The van der Waals surface area contributed by atoms with Gasteiger partial charge in [0.1, 0.15) is 0 Å². The van der Waals surface area contributed by atoms with Crippen LogP contribution < -0.4 is 11.2 Å². The van der Waals surface area contributed by atoms with Gasteiger partial charge in [0, 0.05) is 6.61 Å². The third kappa shape index (κ3) is 6.59. The van der Waals surface area contributed by atoms with Gasteiger partial charge in [0.2, 0.25) is 0 Å². The van der Waals surface area contributed by atoms with E-state index in [1.54, 1.807) is 5.48 Å². The number of nitrogens with one attached hydrogen (secondary N) is 1. The third-order valence-corrected chi connectivity index (χ3v) is 0.804. The van der Waals surface area contributed by atoms with Crippen LogP contribution in [0, 0.1) is 0 Å². The Kier molecular flexibility index (Phi) is 4.83. The molecule has 11 heavy (non-hydrogen) atoms. The lowest BCUT2D eigenvalue weighted by Crippen LogP contribution is -2.31. The summed E-state index contributed by atoms with van der Waals surface area (Å²) in [7, 11) is 0. The highest BCUT2D eigenvalue weighted by atomic mass is 16.7. The van der Waals surface area contributed by atoms with Crippen molar-refractivity contribution in [3.63, 3.8) is 0 Å². The molecule has 0 atom stereocenters. The lowest BCUT2D eigenvalue weighted by molar-refractivity contribution is -0.148. The Morgan fingerprint density at radius 1 is 1.55 bits per heavy atom. The van der Waals surface area contributed by atoms with Gasteiger partial charge in [0.25, 0.3) is 0 Å². The van der Waals surface area contributed by atoms with E-state index in [9.17, 15) is 9.59 Å². The summed E-state index contributed by atoms with van der Waals surface area (Å²) in [4.78, 5) is 24.6. The molecule has 0 radical (unpaired) electrons. The molecule has 2 amide bonds. The van der Waals surface area contributed by atoms with Gasteiger partial charge in [-0.25, -0.2) is 9.59 Å². The largest absolute Gasteiger partial charge is 0.396 e. The Labute approximate surface area is 63.3 Å². The summed E-state index contributed by atoms with van der Waals surface area (Å²) in [6.07, 6.45) is 0.357. The molecule has 0 aliphatic rings. The molecule has 0 fully saturated rings. The molecular formula is C5H10N2O4. The van der Waals surface area contributed by atoms with Crippen molar-refractivity contribution in [2.24, 2.45) is 5.73 Å². The van der Waals surface area contributed by atoms with Crippen LogP contribution in [0.15, 0.2) is 0 Å². The summed E-state index contributed by atoms with van der Waals surface area (Å²) < 4.78 is 0. The van der Waals surface area contributed by atoms with Crippen LogP contribution in [0.5, 0.6) is 0 Å². The maximum absolute atomic E-state index is 10.5. The first-order valence-corrected chi connectivity index (χ1v) is 3.02. The fourth-order valence-electron chi connectivity index (χ4n) is 0.382. The van der Waals surface area contributed by atoms with Crippen LogP contribution in [-0.2, 0) is 9.63 Å². The minimum absolute atomic E-state index is 0.0524. The summed E-state index contributed by atoms with van der Waals surface area (Å²) in [6, 6.07) is -0.928. The first kappa shape index (κ1) is 9.70. The second-order valence-corrected chi connectivity index (χ2v) is 1.77. The Bertz CT molecular complexity index is 147. The second kappa shape index (κ2) is 5.48. The number of hydrogen-bond acceptors (Lipinski definition) is 4. The van der Waals surface area contributed by atoms with Gasteiger partial charge >= 0.3 is 12.0 Å². The normalized spacial score (nSPS) is 8.82. The van der Waals surface area contributed by atoms with E-state index in [1.807, 2.05) is 0 Å². The number of amides is 2. The molecule has 0 saturated heterocycles. The van der Waals surface area contributed by atoms with E-state index in [4.69, 9.17) is 5.11 Å². The molecule has 0 bridgehead atoms. The van der Waals surface area contributed by atoms with Gasteiger partial charge in [-0.15, -0.1) is 0 Å². The quantitative estimate of drug-likeness (QED) is 0.457. The summed E-state index contributed by atoms with van der Waals surface area (Å²) in [5, 5.41) is 8.27. The number of hydroxylamine groups is 1. The van der Waals surface area contributed by atoms with Crippen molar-refractivity contribution < 1.29 is 19.5 Å². The SMILES string of the molecule is NC(=O)NOC(=O)CCCO. The van der Waals surface area contributed by atoms with E-state index in [0.29, 0.717) is 6.42 Å². The number of aliphatic hydroxyl groups excluding tert-OH is 1. The molecule has 0 aliphatic carbocycles. The predicted octanol–water partition coefficient (Wildman–Crippen LogP) is -1.11. The molecule has 0 aromatic heterocycles. The summed E-state index contributed by atoms with van der Waals surface area (Å²) in [5.41, 5.74) is 6.25. The van der Waals surface area contributed by atoms with Gasteiger partial charge in [0.15, 0.2) is 0 Å². The van der Waals surface area contributed by atoms with Crippen LogP contribution in [0.25, 0.3) is 0 Å². The number of primary amides is 1. The van der Waals surface area contributed by atoms with Crippen molar-refractivity contribution in [2.45, 2.75) is 12.8 Å². The molecule has 6 nitrogen and oxygen atoms in total. The van der Waals surface area contributed by atoms with Crippen LogP contribution in [-0.4, -0.2) is 23.7 Å². The fraction of sp³-hybridized carbons (Fsp3) is 0.600. The van der Waals surface area contributed by atoms with Crippen molar-refractivity contribution in [1.82, 2.24) is 5.48 Å². The minimum atomic E-state index is -0.928. The highest BCUT2D eigenvalue weighted by molar-refractivity contribution is 5.74. The molecule has 0 aliphatic heterocycles.